The lowest BCUT2D eigenvalue weighted by molar-refractivity contribution is -0.124. The van der Waals surface area contributed by atoms with E-state index in [0.717, 1.165) is 24.0 Å². The minimum Gasteiger partial charge on any atom is -0.368 e. The number of hydrogen-bond donors (Lipinski definition) is 1. The van der Waals surface area contributed by atoms with Gasteiger partial charge in [-0.1, -0.05) is 11.2 Å². The molecule has 1 aromatic carbocycles. The molecule has 4 rings (SSSR count). The highest BCUT2D eigenvalue weighted by molar-refractivity contribution is 7.89. The van der Waals surface area contributed by atoms with E-state index < -0.39 is 16.1 Å². The lowest BCUT2D eigenvalue weighted by Gasteiger charge is -2.28. The molecule has 1 unspecified atom stereocenters. The Morgan fingerprint density at radius 2 is 2.11 bits per heavy atom. The third kappa shape index (κ3) is 3.45. The first-order valence-electron chi connectivity index (χ1n) is 9.33. The number of anilines is 1. The second-order valence-electron chi connectivity index (χ2n) is 7.22. The van der Waals surface area contributed by atoms with Gasteiger partial charge in [0, 0.05) is 25.4 Å². The van der Waals surface area contributed by atoms with Gasteiger partial charge in [0.1, 0.15) is 16.7 Å². The second kappa shape index (κ2) is 7.31. The third-order valence-corrected chi connectivity index (χ3v) is 7.33. The fourth-order valence-electron chi connectivity index (χ4n) is 3.79. The molecule has 0 bridgehead atoms. The molecule has 2 aliphatic rings. The van der Waals surface area contributed by atoms with E-state index in [9.17, 15) is 13.2 Å². The Morgan fingerprint density at radius 1 is 1.29 bits per heavy atom. The molecule has 28 heavy (non-hydrogen) atoms. The number of hydrogen-bond acceptors (Lipinski definition) is 6. The van der Waals surface area contributed by atoms with E-state index in [0.29, 0.717) is 36.7 Å². The first kappa shape index (κ1) is 19.1. The number of ether oxygens (including phenoxy) is 1. The molecule has 3 heterocycles. The maximum atomic E-state index is 13.1. The van der Waals surface area contributed by atoms with Crippen molar-refractivity contribution in [3.63, 3.8) is 0 Å². The first-order chi connectivity index (χ1) is 13.4. The van der Waals surface area contributed by atoms with E-state index >= 15 is 0 Å². The fourth-order valence-corrected chi connectivity index (χ4v) is 5.50. The molecule has 8 nitrogen and oxygen atoms in total. The van der Waals surface area contributed by atoms with Gasteiger partial charge in [0.05, 0.1) is 0 Å². The normalized spacial score (nSPS) is 20.1. The largest absolute Gasteiger partial charge is 0.368 e. The molecule has 1 fully saturated rings. The van der Waals surface area contributed by atoms with E-state index in [4.69, 9.17) is 9.26 Å². The number of carbonyl (C=O) groups excluding carboxylic acids is 1. The van der Waals surface area contributed by atoms with Gasteiger partial charge in [-0.05, 0) is 56.4 Å². The molecule has 1 saturated heterocycles. The summed E-state index contributed by atoms with van der Waals surface area (Å²) in [6.07, 6.45) is 1.81. The zero-order valence-electron chi connectivity index (χ0n) is 15.9. The van der Waals surface area contributed by atoms with Crippen molar-refractivity contribution < 1.29 is 22.5 Å². The minimum atomic E-state index is -3.70. The fraction of sp³-hybridized carbons (Fsp3) is 0.474. The highest BCUT2D eigenvalue weighted by Crippen LogP contribution is 2.30. The predicted octanol–water partition coefficient (Wildman–Crippen LogP) is 2.16. The van der Waals surface area contributed by atoms with Crippen LogP contribution in [-0.2, 0) is 32.5 Å². The van der Waals surface area contributed by atoms with Crippen LogP contribution in [-0.4, -0.2) is 43.0 Å². The van der Waals surface area contributed by atoms with E-state index in [-0.39, 0.29) is 17.3 Å². The van der Waals surface area contributed by atoms with Crippen molar-refractivity contribution in [2.45, 2.75) is 50.7 Å². The highest BCUT2D eigenvalue weighted by Gasteiger charge is 2.33. The van der Waals surface area contributed by atoms with Gasteiger partial charge in [-0.15, -0.1) is 0 Å². The molecule has 1 atom stereocenters. The van der Waals surface area contributed by atoms with Crippen molar-refractivity contribution in [2.24, 2.45) is 0 Å². The van der Waals surface area contributed by atoms with Gasteiger partial charge < -0.3 is 14.6 Å². The summed E-state index contributed by atoms with van der Waals surface area (Å²) in [7, 11) is -3.70. The van der Waals surface area contributed by atoms with Crippen LogP contribution in [0.4, 0.5) is 5.69 Å². The zero-order valence-corrected chi connectivity index (χ0v) is 16.7. The third-order valence-electron chi connectivity index (χ3n) is 5.24. The number of rotatable bonds is 4. The second-order valence-corrected chi connectivity index (χ2v) is 9.09. The summed E-state index contributed by atoms with van der Waals surface area (Å²) in [6.45, 7) is 4.46. The standard InChI is InChI=1S/C19H23N3O5S/c1-12-18(13(2)27-21-12)28(24,25)22-8-7-14-5-6-16(10-15(14)11-22)20-19(23)17-4-3-9-26-17/h5-6,10,17H,3-4,7-9,11H2,1-2H3,(H,20,23). The Kier molecular flexibility index (Phi) is 4.98. The van der Waals surface area contributed by atoms with Gasteiger partial charge in [0.25, 0.3) is 5.91 Å². The van der Waals surface area contributed by atoms with Crippen molar-refractivity contribution in [3.8, 4) is 0 Å². The van der Waals surface area contributed by atoms with Crippen LogP contribution in [0.3, 0.4) is 0 Å². The Balaban J connectivity index is 1.55. The molecule has 1 amide bonds. The number of fused-ring (bicyclic) bond motifs is 1. The molecule has 0 saturated carbocycles. The van der Waals surface area contributed by atoms with Crippen molar-refractivity contribution in [1.29, 1.82) is 0 Å². The molecule has 9 heteroatoms. The van der Waals surface area contributed by atoms with Crippen molar-refractivity contribution in [2.75, 3.05) is 18.5 Å². The van der Waals surface area contributed by atoms with Gasteiger partial charge in [0.15, 0.2) is 5.76 Å². The summed E-state index contributed by atoms with van der Waals surface area (Å²) < 4.78 is 38.0. The van der Waals surface area contributed by atoms with Crippen LogP contribution in [0, 0.1) is 13.8 Å². The van der Waals surface area contributed by atoms with Gasteiger partial charge in [-0.25, -0.2) is 8.42 Å². The average molecular weight is 405 g/mol. The topological polar surface area (TPSA) is 102 Å². The quantitative estimate of drug-likeness (QED) is 0.836. The van der Waals surface area contributed by atoms with E-state index in [1.54, 1.807) is 13.8 Å². The highest BCUT2D eigenvalue weighted by atomic mass is 32.2. The minimum absolute atomic E-state index is 0.138. The molecule has 1 aromatic heterocycles. The number of aromatic nitrogens is 1. The summed E-state index contributed by atoms with van der Waals surface area (Å²) in [5, 5.41) is 6.64. The summed E-state index contributed by atoms with van der Waals surface area (Å²) >= 11 is 0. The maximum Gasteiger partial charge on any atom is 0.253 e. The summed E-state index contributed by atoms with van der Waals surface area (Å²) in [5.41, 5.74) is 2.98. The summed E-state index contributed by atoms with van der Waals surface area (Å²) in [5.74, 6) is 0.134. The summed E-state index contributed by atoms with van der Waals surface area (Å²) in [6, 6.07) is 5.64. The SMILES string of the molecule is Cc1noc(C)c1S(=O)(=O)N1CCc2ccc(NC(=O)C3CCCO3)cc2C1. The number of nitrogens with one attached hydrogen (secondary N) is 1. The summed E-state index contributed by atoms with van der Waals surface area (Å²) in [4.78, 5) is 12.4. The van der Waals surface area contributed by atoms with Crippen LogP contribution in [0.5, 0.6) is 0 Å². The number of amides is 1. The number of aryl methyl sites for hydroxylation is 2. The van der Waals surface area contributed by atoms with Crippen molar-refractivity contribution >= 4 is 21.6 Å². The van der Waals surface area contributed by atoms with Gasteiger partial charge in [-0.3, -0.25) is 4.79 Å². The van der Waals surface area contributed by atoms with Crippen LogP contribution in [0.25, 0.3) is 0 Å². The zero-order chi connectivity index (χ0) is 19.9. The molecule has 0 radical (unpaired) electrons. The van der Waals surface area contributed by atoms with Crippen molar-refractivity contribution in [3.05, 3.63) is 40.8 Å². The average Bonchev–Trinajstić information content (AvgIpc) is 3.31. The van der Waals surface area contributed by atoms with Crippen LogP contribution >= 0.6 is 0 Å². The van der Waals surface area contributed by atoms with Gasteiger partial charge in [-0.2, -0.15) is 4.31 Å². The number of benzene rings is 1. The van der Waals surface area contributed by atoms with Crippen LogP contribution in [0.2, 0.25) is 0 Å². The van der Waals surface area contributed by atoms with E-state index in [1.165, 1.54) is 4.31 Å². The van der Waals surface area contributed by atoms with Crippen LogP contribution < -0.4 is 5.32 Å². The van der Waals surface area contributed by atoms with Crippen molar-refractivity contribution in [1.82, 2.24) is 9.46 Å². The Bertz CT molecular complexity index is 989. The van der Waals surface area contributed by atoms with E-state index in [1.807, 2.05) is 18.2 Å². The Labute approximate surface area is 163 Å². The molecule has 1 N–H and O–H groups in total. The van der Waals surface area contributed by atoms with E-state index in [2.05, 4.69) is 10.5 Å². The number of carbonyl (C=O) groups is 1. The lowest BCUT2D eigenvalue weighted by Crippen LogP contribution is -2.36. The predicted molar refractivity (Wildman–Crippen MR) is 101 cm³/mol. The number of nitrogens with zero attached hydrogens (tertiary/aromatic N) is 2. The molecular weight excluding hydrogens is 382 g/mol. The maximum absolute atomic E-state index is 13.1. The molecule has 0 spiro atoms. The number of sulfonamides is 1. The molecule has 150 valence electrons. The smallest absolute Gasteiger partial charge is 0.253 e. The Morgan fingerprint density at radius 3 is 2.79 bits per heavy atom. The monoisotopic (exact) mass is 405 g/mol. The molecule has 2 aliphatic heterocycles. The van der Waals surface area contributed by atoms with Gasteiger partial charge in [0.2, 0.25) is 10.0 Å². The molecule has 0 aliphatic carbocycles. The van der Waals surface area contributed by atoms with Gasteiger partial charge >= 0.3 is 0 Å². The Hall–Kier alpha value is -2.23. The van der Waals surface area contributed by atoms with Crippen LogP contribution in [0.1, 0.15) is 35.4 Å². The lowest BCUT2D eigenvalue weighted by atomic mass is 10.0. The first-order valence-corrected chi connectivity index (χ1v) is 10.8. The molecular formula is C19H23N3O5S. The van der Waals surface area contributed by atoms with Crippen LogP contribution in [0.15, 0.2) is 27.6 Å². The molecule has 2 aromatic rings.